The summed E-state index contributed by atoms with van der Waals surface area (Å²) in [7, 11) is 1.93. The summed E-state index contributed by atoms with van der Waals surface area (Å²) in [5.74, 6) is 0. The van der Waals surface area contributed by atoms with Crippen LogP contribution in [0.3, 0.4) is 0 Å². The highest BCUT2D eigenvalue weighted by Gasteiger charge is 2.06. The fourth-order valence-electron chi connectivity index (χ4n) is 1.75. The standard InChI is InChI=1S/C15H15N3O/c1-11(19)15-8-7-14(10-17-15)18(2)13-5-3-12(9-16)4-6-13/h3-8,10-11,19H,1-2H3/t11-/m0/s1. The van der Waals surface area contributed by atoms with Gasteiger partial charge in [0.1, 0.15) is 0 Å². The van der Waals surface area contributed by atoms with Gasteiger partial charge in [-0.25, -0.2) is 0 Å². The van der Waals surface area contributed by atoms with Crippen molar-refractivity contribution >= 4 is 11.4 Å². The molecule has 1 aromatic carbocycles. The van der Waals surface area contributed by atoms with E-state index >= 15 is 0 Å². The van der Waals surface area contributed by atoms with Gasteiger partial charge in [-0.2, -0.15) is 5.26 Å². The molecule has 0 aliphatic rings. The van der Waals surface area contributed by atoms with Crippen molar-refractivity contribution in [3.63, 3.8) is 0 Å². The molecule has 0 unspecified atom stereocenters. The van der Waals surface area contributed by atoms with Gasteiger partial charge in [-0.15, -0.1) is 0 Å². The second kappa shape index (κ2) is 5.51. The molecule has 0 saturated carbocycles. The molecule has 0 radical (unpaired) electrons. The van der Waals surface area contributed by atoms with E-state index in [1.54, 1.807) is 31.3 Å². The van der Waals surface area contributed by atoms with Crippen LogP contribution in [0.4, 0.5) is 11.4 Å². The zero-order valence-corrected chi connectivity index (χ0v) is 10.9. The summed E-state index contributed by atoms with van der Waals surface area (Å²) in [6, 6.07) is 13.2. The molecule has 0 amide bonds. The second-order valence-electron chi connectivity index (χ2n) is 4.33. The maximum atomic E-state index is 9.42. The van der Waals surface area contributed by atoms with Gasteiger partial charge in [-0.05, 0) is 43.3 Å². The molecular formula is C15H15N3O. The molecule has 0 aliphatic heterocycles. The van der Waals surface area contributed by atoms with Gasteiger partial charge in [0, 0.05) is 12.7 Å². The third kappa shape index (κ3) is 2.90. The van der Waals surface area contributed by atoms with E-state index < -0.39 is 6.10 Å². The van der Waals surface area contributed by atoms with Crippen LogP contribution in [0.2, 0.25) is 0 Å². The van der Waals surface area contributed by atoms with Crippen molar-refractivity contribution in [1.29, 1.82) is 5.26 Å². The van der Waals surface area contributed by atoms with E-state index in [1.807, 2.05) is 30.1 Å². The van der Waals surface area contributed by atoms with E-state index in [2.05, 4.69) is 11.1 Å². The summed E-state index contributed by atoms with van der Waals surface area (Å²) < 4.78 is 0. The van der Waals surface area contributed by atoms with Crippen LogP contribution >= 0.6 is 0 Å². The first-order chi connectivity index (χ1) is 9.11. The molecule has 1 N–H and O–H groups in total. The Kier molecular flexibility index (Phi) is 3.79. The minimum absolute atomic E-state index is 0.561. The van der Waals surface area contributed by atoms with Gasteiger partial charge < -0.3 is 10.0 Å². The van der Waals surface area contributed by atoms with Crippen LogP contribution in [0.5, 0.6) is 0 Å². The zero-order valence-electron chi connectivity index (χ0n) is 10.9. The van der Waals surface area contributed by atoms with Crippen molar-refractivity contribution in [2.24, 2.45) is 0 Å². The SMILES string of the molecule is C[C@H](O)c1ccc(N(C)c2ccc(C#N)cc2)cn1. The Balaban J connectivity index is 2.23. The smallest absolute Gasteiger partial charge is 0.0991 e. The van der Waals surface area contributed by atoms with Crippen LogP contribution in [-0.2, 0) is 0 Å². The summed E-state index contributed by atoms with van der Waals surface area (Å²) in [6.45, 7) is 1.69. The van der Waals surface area contributed by atoms with E-state index in [4.69, 9.17) is 5.26 Å². The topological polar surface area (TPSA) is 60.1 Å². The molecule has 1 aromatic heterocycles. The number of nitriles is 1. The number of anilines is 2. The van der Waals surface area contributed by atoms with E-state index in [-0.39, 0.29) is 0 Å². The second-order valence-corrected chi connectivity index (χ2v) is 4.33. The van der Waals surface area contributed by atoms with Crippen molar-refractivity contribution in [1.82, 2.24) is 4.98 Å². The highest BCUT2D eigenvalue weighted by atomic mass is 16.3. The predicted octanol–water partition coefficient (Wildman–Crippen LogP) is 2.77. The number of aromatic nitrogens is 1. The molecule has 4 heteroatoms. The third-order valence-corrected chi connectivity index (χ3v) is 2.97. The highest BCUT2D eigenvalue weighted by molar-refractivity contribution is 5.62. The van der Waals surface area contributed by atoms with Gasteiger partial charge in [0.15, 0.2) is 0 Å². The summed E-state index contributed by atoms with van der Waals surface area (Å²) in [6.07, 6.45) is 1.16. The van der Waals surface area contributed by atoms with Crippen LogP contribution in [0.1, 0.15) is 24.3 Å². The minimum atomic E-state index is -0.561. The largest absolute Gasteiger partial charge is 0.387 e. The average Bonchev–Trinajstić information content (AvgIpc) is 2.46. The van der Waals surface area contributed by atoms with E-state index in [9.17, 15) is 5.11 Å². The lowest BCUT2D eigenvalue weighted by Gasteiger charge is -2.19. The lowest BCUT2D eigenvalue weighted by atomic mass is 10.2. The van der Waals surface area contributed by atoms with Crippen LogP contribution in [-0.4, -0.2) is 17.1 Å². The number of pyridine rings is 1. The Bertz CT molecular complexity index is 582. The Hall–Kier alpha value is -2.38. The first-order valence-corrected chi connectivity index (χ1v) is 5.99. The molecule has 1 heterocycles. The highest BCUT2D eigenvalue weighted by Crippen LogP contribution is 2.23. The molecule has 2 aromatic rings. The first-order valence-electron chi connectivity index (χ1n) is 5.99. The molecule has 4 nitrogen and oxygen atoms in total. The molecule has 0 bridgehead atoms. The predicted molar refractivity (Wildman–Crippen MR) is 74.1 cm³/mol. The molecular weight excluding hydrogens is 238 g/mol. The molecule has 0 fully saturated rings. The summed E-state index contributed by atoms with van der Waals surface area (Å²) in [5.41, 5.74) is 3.19. The zero-order chi connectivity index (χ0) is 13.8. The molecule has 19 heavy (non-hydrogen) atoms. The number of hydrogen-bond acceptors (Lipinski definition) is 4. The van der Waals surface area contributed by atoms with Gasteiger partial charge in [-0.3, -0.25) is 4.98 Å². The average molecular weight is 253 g/mol. The first kappa shape index (κ1) is 13.1. The van der Waals surface area contributed by atoms with Gasteiger partial charge in [0.2, 0.25) is 0 Å². The number of aliphatic hydroxyl groups excluding tert-OH is 1. The third-order valence-electron chi connectivity index (χ3n) is 2.97. The van der Waals surface area contributed by atoms with Gasteiger partial charge in [0.05, 0.1) is 35.3 Å². The summed E-state index contributed by atoms with van der Waals surface area (Å²) in [4.78, 5) is 6.19. The molecule has 2 rings (SSSR count). The maximum absolute atomic E-state index is 9.42. The van der Waals surface area contributed by atoms with Crippen LogP contribution in [0, 0.1) is 11.3 Å². The lowest BCUT2D eigenvalue weighted by molar-refractivity contribution is 0.194. The van der Waals surface area contributed by atoms with Crippen LogP contribution in [0.25, 0.3) is 0 Å². The fraction of sp³-hybridized carbons (Fsp3) is 0.200. The molecule has 1 atom stereocenters. The van der Waals surface area contributed by atoms with Crippen LogP contribution < -0.4 is 4.90 Å². The van der Waals surface area contributed by atoms with Crippen molar-refractivity contribution in [2.45, 2.75) is 13.0 Å². The number of nitrogens with zero attached hydrogens (tertiary/aromatic N) is 3. The Labute approximate surface area is 112 Å². The minimum Gasteiger partial charge on any atom is -0.387 e. The molecule has 0 saturated heterocycles. The molecule has 0 aliphatic carbocycles. The quantitative estimate of drug-likeness (QED) is 0.913. The van der Waals surface area contributed by atoms with E-state index in [1.165, 1.54) is 0 Å². The van der Waals surface area contributed by atoms with Crippen molar-refractivity contribution in [3.8, 4) is 6.07 Å². The molecule has 96 valence electrons. The van der Waals surface area contributed by atoms with Crippen molar-refractivity contribution < 1.29 is 5.11 Å². The summed E-state index contributed by atoms with van der Waals surface area (Å²) >= 11 is 0. The number of benzene rings is 1. The fourth-order valence-corrected chi connectivity index (χ4v) is 1.75. The van der Waals surface area contributed by atoms with Gasteiger partial charge in [0.25, 0.3) is 0 Å². The Morgan fingerprint density at radius 3 is 2.26 bits per heavy atom. The monoisotopic (exact) mass is 253 g/mol. The van der Waals surface area contributed by atoms with Crippen molar-refractivity contribution in [2.75, 3.05) is 11.9 Å². The number of aliphatic hydroxyl groups is 1. The van der Waals surface area contributed by atoms with Gasteiger partial charge >= 0.3 is 0 Å². The van der Waals surface area contributed by atoms with E-state index in [0.717, 1.165) is 11.4 Å². The Morgan fingerprint density at radius 1 is 1.16 bits per heavy atom. The van der Waals surface area contributed by atoms with E-state index in [0.29, 0.717) is 11.3 Å². The Morgan fingerprint density at radius 2 is 1.79 bits per heavy atom. The normalized spacial score (nSPS) is 11.7. The summed E-state index contributed by atoms with van der Waals surface area (Å²) in [5, 5.41) is 18.2. The number of hydrogen-bond donors (Lipinski definition) is 1. The van der Waals surface area contributed by atoms with Crippen LogP contribution in [0.15, 0.2) is 42.6 Å². The van der Waals surface area contributed by atoms with Crippen molar-refractivity contribution in [3.05, 3.63) is 53.9 Å². The number of rotatable bonds is 3. The van der Waals surface area contributed by atoms with Gasteiger partial charge in [-0.1, -0.05) is 0 Å². The lowest BCUT2D eigenvalue weighted by Crippen LogP contribution is -2.10. The molecule has 0 spiro atoms. The maximum Gasteiger partial charge on any atom is 0.0991 e.